The van der Waals surface area contributed by atoms with Crippen molar-refractivity contribution >= 4 is 0 Å². The maximum atomic E-state index is 11.6. The van der Waals surface area contributed by atoms with Crippen LogP contribution in [0.25, 0.3) is 0 Å². The van der Waals surface area contributed by atoms with Crippen molar-refractivity contribution in [1.82, 2.24) is 14.9 Å². The van der Waals surface area contributed by atoms with E-state index in [1.807, 2.05) is 7.05 Å². The highest BCUT2D eigenvalue weighted by atomic mass is 16.5. The predicted molar refractivity (Wildman–Crippen MR) is 60.5 cm³/mol. The van der Waals surface area contributed by atoms with E-state index in [1.165, 1.54) is 4.57 Å². The van der Waals surface area contributed by atoms with Gasteiger partial charge in [-0.3, -0.25) is 4.79 Å². The third-order valence-corrected chi connectivity index (χ3v) is 2.95. The van der Waals surface area contributed by atoms with Gasteiger partial charge in [-0.25, -0.2) is 4.98 Å². The molecule has 1 aromatic heterocycles. The Bertz CT molecular complexity index is 410. The molecule has 0 aromatic carbocycles. The Kier molecular flexibility index (Phi) is 3.24. The van der Waals surface area contributed by atoms with E-state index in [1.54, 1.807) is 19.4 Å². The molecule has 1 aliphatic carbocycles. The molecule has 0 aliphatic heterocycles. The normalized spacial score (nSPS) is 23.9. The SMILES string of the molecule is CNCC1CC(Oc2nccn(C)c2=O)C1. The average Bonchev–Trinajstić information content (AvgIpc) is 2.21. The van der Waals surface area contributed by atoms with Crippen LogP contribution in [-0.4, -0.2) is 29.2 Å². The van der Waals surface area contributed by atoms with Crippen molar-refractivity contribution in [2.75, 3.05) is 13.6 Å². The summed E-state index contributed by atoms with van der Waals surface area (Å²) >= 11 is 0. The summed E-state index contributed by atoms with van der Waals surface area (Å²) in [5.74, 6) is 0.889. The van der Waals surface area contributed by atoms with Gasteiger partial charge in [0.25, 0.3) is 5.88 Å². The van der Waals surface area contributed by atoms with E-state index in [0.29, 0.717) is 5.92 Å². The third-order valence-electron chi connectivity index (χ3n) is 2.95. The molecule has 2 rings (SSSR count). The summed E-state index contributed by atoms with van der Waals surface area (Å²) in [5.41, 5.74) is -0.167. The molecule has 88 valence electrons. The zero-order valence-electron chi connectivity index (χ0n) is 9.64. The smallest absolute Gasteiger partial charge is 0.313 e. The summed E-state index contributed by atoms with van der Waals surface area (Å²) in [5, 5.41) is 3.14. The number of nitrogens with one attached hydrogen (secondary N) is 1. The summed E-state index contributed by atoms with van der Waals surface area (Å²) in [7, 11) is 3.64. The standard InChI is InChI=1S/C11H17N3O2/c1-12-7-8-5-9(6-8)16-10-11(15)14(2)4-3-13-10/h3-4,8-9,12H,5-7H2,1-2H3. The summed E-state index contributed by atoms with van der Waals surface area (Å²) < 4.78 is 7.04. The second-order valence-corrected chi connectivity index (χ2v) is 4.28. The molecule has 0 amide bonds. The average molecular weight is 223 g/mol. The van der Waals surface area contributed by atoms with Gasteiger partial charge in [0, 0.05) is 19.4 Å². The number of nitrogens with zero attached hydrogens (tertiary/aromatic N) is 2. The van der Waals surface area contributed by atoms with Gasteiger partial charge in [0.1, 0.15) is 6.10 Å². The molecule has 0 atom stereocenters. The lowest BCUT2D eigenvalue weighted by atomic mass is 9.82. The number of aromatic nitrogens is 2. The van der Waals surface area contributed by atoms with E-state index in [0.717, 1.165) is 19.4 Å². The summed E-state index contributed by atoms with van der Waals surface area (Å²) in [6, 6.07) is 0. The Morgan fingerprint density at radius 2 is 2.38 bits per heavy atom. The summed E-state index contributed by atoms with van der Waals surface area (Å²) in [4.78, 5) is 15.6. The molecular weight excluding hydrogens is 206 g/mol. The van der Waals surface area contributed by atoms with E-state index in [-0.39, 0.29) is 17.5 Å². The van der Waals surface area contributed by atoms with Crippen molar-refractivity contribution < 1.29 is 4.74 Å². The van der Waals surface area contributed by atoms with Crippen LogP contribution in [0.3, 0.4) is 0 Å². The van der Waals surface area contributed by atoms with Crippen LogP contribution in [0.2, 0.25) is 0 Å². The minimum absolute atomic E-state index is 0.154. The topological polar surface area (TPSA) is 56.1 Å². The van der Waals surface area contributed by atoms with Crippen LogP contribution in [0.5, 0.6) is 5.88 Å². The van der Waals surface area contributed by atoms with Gasteiger partial charge in [0.15, 0.2) is 0 Å². The Balaban J connectivity index is 1.92. The van der Waals surface area contributed by atoms with Crippen LogP contribution in [0.15, 0.2) is 17.2 Å². The zero-order valence-corrected chi connectivity index (χ0v) is 9.64. The molecule has 0 spiro atoms. The number of hydrogen-bond acceptors (Lipinski definition) is 4. The van der Waals surface area contributed by atoms with Crippen molar-refractivity contribution in [3.63, 3.8) is 0 Å². The van der Waals surface area contributed by atoms with Crippen LogP contribution < -0.4 is 15.6 Å². The molecule has 1 fully saturated rings. The lowest BCUT2D eigenvalue weighted by Crippen LogP contribution is -2.40. The first-order valence-corrected chi connectivity index (χ1v) is 5.53. The molecule has 1 heterocycles. The van der Waals surface area contributed by atoms with E-state index in [9.17, 15) is 4.79 Å². The van der Waals surface area contributed by atoms with E-state index >= 15 is 0 Å². The molecule has 1 saturated carbocycles. The maximum absolute atomic E-state index is 11.6. The monoisotopic (exact) mass is 223 g/mol. The van der Waals surface area contributed by atoms with E-state index < -0.39 is 0 Å². The van der Waals surface area contributed by atoms with Crippen molar-refractivity contribution in [2.24, 2.45) is 13.0 Å². The van der Waals surface area contributed by atoms with Crippen LogP contribution in [0, 0.1) is 5.92 Å². The van der Waals surface area contributed by atoms with Crippen LogP contribution in [0.1, 0.15) is 12.8 Å². The fourth-order valence-electron chi connectivity index (χ4n) is 1.94. The van der Waals surface area contributed by atoms with Crippen LogP contribution >= 0.6 is 0 Å². The fourth-order valence-corrected chi connectivity index (χ4v) is 1.94. The first kappa shape index (κ1) is 11.1. The quantitative estimate of drug-likeness (QED) is 0.790. The highest BCUT2D eigenvalue weighted by molar-refractivity contribution is 5.05. The second kappa shape index (κ2) is 4.65. The molecule has 16 heavy (non-hydrogen) atoms. The van der Waals surface area contributed by atoms with Crippen molar-refractivity contribution in [3.05, 3.63) is 22.7 Å². The molecule has 5 heteroatoms. The van der Waals surface area contributed by atoms with Crippen LogP contribution in [0.4, 0.5) is 0 Å². The van der Waals surface area contributed by atoms with Gasteiger partial charge in [-0.05, 0) is 32.4 Å². The number of rotatable bonds is 4. The largest absolute Gasteiger partial charge is 0.470 e. The molecule has 5 nitrogen and oxygen atoms in total. The highest BCUT2D eigenvalue weighted by Gasteiger charge is 2.31. The number of hydrogen-bond donors (Lipinski definition) is 1. The molecule has 1 aromatic rings. The van der Waals surface area contributed by atoms with Gasteiger partial charge < -0.3 is 14.6 Å². The minimum Gasteiger partial charge on any atom is -0.470 e. The van der Waals surface area contributed by atoms with Crippen molar-refractivity contribution in [3.8, 4) is 5.88 Å². The van der Waals surface area contributed by atoms with E-state index in [2.05, 4.69) is 10.3 Å². The Labute approximate surface area is 94.5 Å². The van der Waals surface area contributed by atoms with Crippen LogP contribution in [-0.2, 0) is 7.05 Å². The fraction of sp³-hybridized carbons (Fsp3) is 0.636. The molecule has 0 radical (unpaired) electrons. The van der Waals surface area contributed by atoms with Gasteiger partial charge in [-0.15, -0.1) is 0 Å². The second-order valence-electron chi connectivity index (χ2n) is 4.28. The molecule has 0 saturated heterocycles. The zero-order chi connectivity index (χ0) is 11.5. The lowest BCUT2D eigenvalue weighted by molar-refractivity contribution is 0.0598. The number of aryl methyl sites for hydroxylation is 1. The Morgan fingerprint density at radius 1 is 1.62 bits per heavy atom. The minimum atomic E-state index is -0.167. The highest BCUT2D eigenvalue weighted by Crippen LogP contribution is 2.29. The van der Waals surface area contributed by atoms with Gasteiger partial charge >= 0.3 is 5.56 Å². The molecule has 0 unspecified atom stereocenters. The Morgan fingerprint density at radius 3 is 3.06 bits per heavy atom. The van der Waals surface area contributed by atoms with Gasteiger partial charge in [-0.2, -0.15) is 0 Å². The summed E-state index contributed by atoms with van der Waals surface area (Å²) in [6.45, 7) is 1.01. The lowest BCUT2D eigenvalue weighted by Gasteiger charge is -2.34. The molecule has 1 N–H and O–H groups in total. The third kappa shape index (κ3) is 2.24. The maximum Gasteiger partial charge on any atom is 0.313 e. The summed E-state index contributed by atoms with van der Waals surface area (Å²) in [6.07, 6.45) is 5.36. The predicted octanol–water partition coefficient (Wildman–Crippen LogP) is 0.157. The number of ether oxygens (including phenoxy) is 1. The van der Waals surface area contributed by atoms with Gasteiger partial charge in [0.05, 0.1) is 0 Å². The first-order chi connectivity index (χ1) is 7.70. The first-order valence-electron chi connectivity index (χ1n) is 5.53. The van der Waals surface area contributed by atoms with Crippen molar-refractivity contribution in [2.45, 2.75) is 18.9 Å². The van der Waals surface area contributed by atoms with Gasteiger partial charge in [0.2, 0.25) is 0 Å². The van der Waals surface area contributed by atoms with E-state index in [4.69, 9.17) is 4.74 Å². The van der Waals surface area contributed by atoms with Gasteiger partial charge in [-0.1, -0.05) is 0 Å². The molecule has 1 aliphatic rings. The Hall–Kier alpha value is -1.36. The molecular formula is C11H17N3O2. The molecule has 0 bridgehead atoms. The van der Waals surface area contributed by atoms with Crippen molar-refractivity contribution in [1.29, 1.82) is 0 Å².